The average Bonchev–Trinajstić information content (AvgIpc) is 2.51. The Bertz CT molecular complexity index is 643. The van der Waals surface area contributed by atoms with Gasteiger partial charge in [-0.05, 0) is 24.3 Å². The van der Waals surface area contributed by atoms with Crippen LogP contribution in [0.1, 0.15) is 0 Å². The van der Waals surface area contributed by atoms with Gasteiger partial charge in [0.1, 0.15) is 0 Å². The highest BCUT2D eigenvalue weighted by Crippen LogP contribution is 2.19. The van der Waals surface area contributed by atoms with E-state index in [4.69, 9.17) is 4.74 Å². The quantitative estimate of drug-likeness (QED) is 0.897. The predicted molar refractivity (Wildman–Crippen MR) is 76.7 cm³/mol. The molecule has 0 saturated carbocycles. The third kappa shape index (κ3) is 2.53. The maximum atomic E-state index is 11.2. The van der Waals surface area contributed by atoms with Crippen LogP contribution in [0.15, 0.2) is 47.5 Å². The number of hydrogen-bond acceptors (Lipinski definition) is 4. The molecule has 5 nitrogen and oxygen atoms in total. The first-order chi connectivity index (χ1) is 9.74. The van der Waals surface area contributed by atoms with Crippen LogP contribution < -0.4 is 10.3 Å². The molecule has 2 aromatic rings. The normalized spacial score (nSPS) is 15.3. The van der Waals surface area contributed by atoms with Gasteiger partial charge in [-0.3, -0.25) is 4.79 Å². The van der Waals surface area contributed by atoms with Crippen LogP contribution in [-0.2, 0) is 4.74 Å². The van der Waals surface area contributed by atoms with E-state index in [1.807, 2.05) is 24.3 Å². The molecule has 3 rings (SSSR count). The highest BCUT2D eigenvalue weighted by atomic mass is 16.5. The van der Waals surface area contributed by atoms with Crippen molar-refractivity contribution in [1.29, 1.82) is 0 Å². The summed E-state index contributed by atoms with van der Waals surface area (Å²) in [4.78, 5) is 13.5. The molecule has 5 heteroatoms. The van der Waals surface area contributed by atoms with Crippen molar-refractivity contribution < 1.29 is 9.84 Å². The van der Waals surface area contributed by atoms with E-state index in [1.165, 1.54) is 12.3 Å². The minimum Gasteiger partial charge on any atom is -0.503 e. The zero-order valence-electron chi connectivity index (χ0n) is 11.0. The van der Waals surface area contributed by atoms with Crippen LogP contribution in [0.2, 0.25) is 0 Å². The van der Waals surface area contributed by atoms with E-state index in [0.717, 1.165) is 37.7 Å². The predicted octanol–water partition coefficient (Wildman–Crippen LogP) is 1.38. The minimum absolute atomic E-state index is 0.246. The number of rotatable bonds is 2. The fraction of sp³-hybridized carbons (Fsp3) is 0.267. The Hall–Kier alpha value is -2.27. The van der Waals surface area contributed by atoms with Gasteiger partial charge in [-0.1, -0.05) is 0 Å². The molecule has 20 heavy (non-hydrogen) atoms. The van der Waals surface area contributed by atoms with Crippen molar-refractivity contribution in [3.8, 4) is 11.4 Å². The lowest BCUT2D eigenvalue weighted by Crippen LogP contribution is -2.36. The molecule has 1 saturated heterocycles. The van der Waals surface area contributed by atoms with Crippen LogP contribution in [0.3, 0.4) is 0 Å². The molecule has 1 aromatic heterocycles. The molecule has 0 aliphatic carbocycles. The first kappa shape index (κ1) is 12.7. The molecule has 1 aliphatic heterocycles. The van der Waals surface area contributed by atoms with Gasteiger partial charge in [0.05, 0.1) is 19.4 Å². The van der Waals surface area contributed by atoms with Crippen molar-refractivity contribution in [3.05, 3.63) is 52.9 Å². The van der Waals surface area contributed by atoms with E-state index in [1.54, 1.807) is 10.8 Å². The van der Waals surface area contributed by atoms with Gasteiger partial charge in [0, 0.05) is 36.7 Å². The molecule has 0 unspecified atom stereocenters. The minimum atomic E-state index is -0.369. The van der Waals surface area contributed by atoms with Crippen molar-refractivity contribution in [2.45, 2.75) is 0 Å². The van der Waals surface area contributed by atoms with E-state index in [9.17, 15) is 9.90 Å². The van der Waals surface area contributed by atoms with Crippen molar-refractivity contribution in [2.24, 2.45) is 0 Å². The Kier molecular flexibility index (Phi) is 3.43. The molecule has 1 aromatic carbocycles. The van der Waals surface area contributed by atoms with Crippen LogP contribution in [-0.4, -0.2) is 36.0 Å². The second-order valence-corrected chi connectivity index (χ2v) is 4.72. The van der Waals surface area contributed by atoms with E-state index >= 15 is 0 Å². The number of aromatic nitrogens is 1. The Morgan fingerprint density at radius 1 is 1.00 bits per heavy atom. The molecule has 0 spiro atoms. The Labute approximate surface area is 116 Å². The first-order valence-corrected chi connectivity index (χ1v) is 6.58. The van der Waals surface area contributed by atoms with E-state index < -0.39 is 0 Å². The van der Waals surface area contributed by atoms with Crippen LogP contribution in [0.4, 0.5) is 5.69 Å². The van der Waals surface area contributed by atoms with Crippen molar-refractivity contribution in [2.75, 3.05) is 31.2 Å². The van der Waals surface area contributed by atoms with Gasteiger partial charge in [0.2, 0.25) is 5.43 Å². The lowest BCUT2D eigenvalue weighted by Gasteiger charge is -2.29. The number of hydrogen-bond donors (Lipinski definition) is 1. The summed E-state index contributed by atoms with van der Waals surface area (Å²) < 4.78 is 7.06. The zero-order chi connectivity index (χ0) is 13.9. The number of anilines is 1. The fourth-order valence-corrected chi connectivity index (χ4v) is 2.29. The molecule has 0 amide bonds. The third-order valence-electron chi connectivity index (χ3n) is 3.42. The van der Waals surface area contributed by atoms with E-state index in [2.05, 4.69) is 4.90 Å². The molecule has 0 radical (unpaired) electrons. The van der Waals surface area contributed by atoms with Crippen LogP contribution in [0.25, 0.3) is 5.69 Å². The van der Waals surface area contributed by atoms with Gasteiger partial charge in [-0.25, -0.2) is 0 Å². The molecule has 1 aliphatic rings. The van der Waals surface area contributed by atoms with Crippen molar-refractivity contribution in [1.82, 2.24) is 4.57 Å². The molecule has 1 N–H and O–H groups in total. The fourth-order valence-electron chi connectivity index (χ4n) is 2.29. The first-order valence-electron chi connectivity index (χ1n) is 6.58. The monoisotopic (exact) mass is 272 g/mol. The summed E-state index contributed by atoms with van der Waals surface area (Å²) in [6, 6.07) is 9.36. The summed E-state index contributed by atoms with van der Waals surface area (Å²) in [6.45, 7) is 3.32. The summed E-state index contributed by atoms with van der Waals surface area (Å²) >= 11 is 0. The van der Waals surface area contributed by atoms with Gasteiger partial charge >= 0.3 is 0 Å². The number of ether oxygens (including phenoxy) is 1. The molecule has 1 fully saturated rings. The summed E-state index contributed by atoms with van der Waals surface area (Å²) in [7, 11) is 0. The average molecular weight is 272 g/mol. The summed E-state index contributed by atoms with van der Waals surface area (Å²) in [6.07, 6.45) is 3.07. The second kappa shape index (κ2) is 5.38. The molecular formula is C15H16N2O3. The number of aromatic hydroxyl groups is 1. The van der Waals surface area contributed by atoms with Crippen LogP contribution in [0, 0.1) is 0 Å². The van der Waals surface area contributed by atoms with E-state index in [-0.39, 0.29) is 11.2 Å². The van der Waals surface area contributed by atoms with Gasteiger partial charge in [0.15, 0.2) is 5.75 Å². The summed E-state index contributed by atoms with van der Waals surface area (Å²) in [5.41, 5.74) is 1.69. The van der Waals surface area contributed by atoms with E-state index in [0.29, 0.717) is 0 Å². The molecular weight excluding hydrogens is 256 g/mol. The maximum absolute atomic E-state index is 11.2. The standard InChI is InChI=1S/C15H16N2O3/c18-14-5-6-17(11-15(14)19)13-3-1-12(2-4-13)16-7-9-20-10-8-16/h1-6,11,19H,7-10H2. The largest absolute Gasteiger partial charge is 0.503 e. The summed E-state index contributed by atoms with van der Waals surface area (Å²) in [5.74, 6) is -0.246. The number of pyridine rings is 1. The van der Waals surface area contributed by atoms with Gasteiger partial charge in [-0.2, -0.15) is 0 Å². The number of benzene rings is 1. The molecule has 104 valence electrons. The third-order valence-corrected chi connectivity index (χ3v) is 3.42. The Morgan fingerprint density at radius 2 is 1.65 bits per heavy atom. The molecule has 0 bridgehead atoms. The summed E-state index contributed by atoms with van der Waals surface area (Å²) in [5, 5.41) is 9.46. The Morgan fingerprint density at radius 3 is 2.30 bits per heavy atom. The van der Waals surface area contributed by atoms with Gasteiger partial charge in [-0.15, -0.1) is 0 Å². The van der Waals surface area contributed by atoms with Crippen LogP contribution >= 0.6 is 0 Å². The SMILES string of the molecule is O=c1ccn(-c2ccc(N3CCOCC3)cc2)cc1O. The maximum Gasteiger partial charge on any atom is 0.223 e. The van der Waals surface area contributed by atoms with Crippen LogP contribution in [0.5, 0.6) is 5.75 Å². The lowest BCUT2D eigenvalue weighted by molar-refractivity contribution is 0.122. The number of morpholine rings is 1. The van der Waals surface area contributed by atoms with Crippen molar-refractivity contribution >= 4 is 5.69 Å². The lowest BCUT2D eigenvalue weighted by atomic mass is 10.2. The topological polar surface area (TPSA) is 54.7 Å². The highest BCUT2D eigenvalue weighted by Gasteiger charge is 2.10. The van der Waals surface area contributed by atoms with Gasteiger partial charge < -0.3 is 19.3 Å². The number of nitrogens with zero attached hydrogens (tertiary/aromatic N) is 2. The Balaban J connectivity index is 1.84. The smallest absolute Gasteiger partial charge is 0.223 e. The second-order valence-electron chi connectivity index (χ2n) is 4.72. The van der Waals surface area contributed by atoms with Gasteiger partial charge in [0.25, 0.3) is 0 Å². The highest BCUT2D eigenvalue weighted by molar-refractivity contribution is 5.51. The van der Waals surface area contributed by atoms with Crippen molar-refractivity contribution in [3.63, 3.8) is 0 Å². The molecule has 2 heterocycles. The zero-order valence-corrected chi connectivity index (χ0v) is 11.0. The molecule has 0 atom stereocenters.